The predicted octanol–water partition coefficient (Wildman–Crippen LogP) is 3.97. The number of halogens is 1. The van der Waals surface area contributed by atoms with Crippen LogP contribution in [0.15, 0.2) is 58.3 Å². The van der Waals surface area contributed by atoms with Crippen molar-refractivity contribution in [1.29, 1.82) is 0 Å². The first-order valence-electron chi connectivity index (χ1n) is 9.11. The van der Waals surface area contributed by atoms with Crippen LogP contribution in [0.3, 0.4) is 0 Å². The highest BCUT2D eigenvalue weighted by Gasteiger charge is 2.18. The fraction of sp³-hybridized carbons (Fsp3) is 0.227. The summed E-state index contributed by atoms with van der Waals surface area (Å²) in [4.78, 5) is 22.6. The highest BCUT2D eigenvalue weighted by atomic mass is 35.5. The number of rotatable bonds is 7. The summed E-state index contributed by atoms with van der Waals surface area (Å²) >= 11 is 6.07. The molecule has 2 aromatic rings. The van der Waals surface area contributed by atoms with Gasteiger partial charge in [0.05, 0.1) is 5.71 Å². The number of amides is 1. The van der Waals surface area contributed by atoms with E-state index in [1.54, 1.807) is 13.1 Å². The zero-order valence-electron chi connectivity index (χ0n) is 16.5. The SMILES string of the molecule is CNC(=O)/C(=N/OC)c1ccccc1CO/N=C(\C)C1=Cc2ccc(Cl)cc2C1. The molecular formula is C22H22ClN3O3. The van der Waals surface area contributed by atoms with Crippen LogP contribution in [0.4, 0.5) is 0 Å². The summed E-state index contributed by atoms with van der Waals surface area (Å²) < 4.78 is 0. The van der Waals surface area contributed by atoms with Crippen molar-refractivity contribution in [3.8, 4) is 0 Å². The second-order valence-corrected chi connectivity index (χ2v) is 6.93. The van der Waals surface area contributed by atoms with Gasteiger partial charge in [-0.05, 0) is 41.8 Å². The van der Waals surface area contributed by atoms with Crippen molar-refractivity contribution in [2.45, 2.75) is 20.0 Å². The molecule has 2 aromatic carbocycles. The molecule has 0 aromatic heterocycles. The average Bonchev–Trinajstić information content (AvgIpc) is 3.15. The second kappa shape index (κ2) is 9.39. The van der Waals surface area contributed by atoms with Crippen molar-refractivity contribution in [2.75, 3.05) is 14.2 Å². The van der Waals surface area contributed by atoms with Crippen LogP contribution in [0, 0.1) is 0 Å². The molecule has 150 valence electrons. The van der Waals surface area contributed by atoms with Crippen molar-refractivity contribution < 1.29 is 14.5 Å². The first-order valence-corrected chi connectivity index (χ1v) is 9.48. The summed E-state index contributed by atoms with van der Waals surface area (Å²) in [6.45, 7) is 2.10. The highest BCUT2D eigenvalue weighted by Crippen LogP contribution is 2.28. The van der Waals surface area contributed by atoms with E-state index in [4.69, 9.17) is 21.3 Å². The third-order valence-electron chi connectivity index (χ3n) is 4.60. The van der Waals surface area contributed by atoms with Gasteiger partial charge in [0.2, 0.25) is 0 Å². The molecule has 1 N–H and O–H groups in total. The number of allylic oxidation sites excluding steroid dienone is 1. The van der Waals surface area contributed by atoms with Gasteiger partial charge in [0.15, 0.2) is 5.71 Å². The number of fused-ring (bicyclic) bond motifs is 1. The normalized spacial score (nSPS) is 13.6. The summed E-state index contributed by atoms with van der Waals surface area (Å²) in [7, 11) is 2.94. The van der Waals surface area contributed by atoms with Gasteiger partial charge in [0, 0.05) is 29.6 Å². The van der Waals surface area contributed by atoms with E-state index in [1.807, 2.05) is 43.3 Å². The van der Waals surface area contributed by atoms with Crippen LogP contribution >= 0.6 is 11.6 Å². The maximum absolute atomic E-state index is 12.1. The largest absolute Gasteiger partial charge is 0.398 e. The van der Waals surface area contributed by atoms with Crippen LogP contribution in [-0.4, -0.2) is 31.5 Å². The first kappa shape index (κ1) is 20.6. The second-order valence-electron chi connectivity index (χ2n) is 6.50. The molecule has 0 spiro atoms. The maximum Gasteiger partial charge on any atom is 0.273 e. The lowest BCUT2D eigenvalue weighted by Crippen LogP contribution is -2.29. The Morgan fingerprint density at radius 2 is 2.00 bits per heavy atom. The molecule has 0 saturated heterocycles. The predicted molar refractivity (Wildman–Crippen MR) is 115 cm³/mol. The molecule has 0 fully saturated rings. The van der Waals surface area contributed by atoms with Gasteiger partial charge < -0.3 is 15.0 Å². The van der Waals surface area contributed by atoms with E-state index >= 15 is 0 Å². The van der Waals surface area contributed by atoms with E-state index in [0.29, 0.717) is 5.56 Å². The van der Waals surface area contributed by atoms with E-state index < -0.39 is 0 Å². The number of carbonyl (C=O) groups excluding carboxylic acids is 1. The van der Waals surface area contributed by atoms with Gasteiger partial charge >= 0.3 is 0 Å². The molecule has 0 bridgehead atoms. The zero-order chi connectivity index (χ0) is 20.8. The number of carbonyl (C=O) groups is 1. The summed E-state index contributed by atoms with van der Waals surface area (Å²) in [5, 5.41) is 11.4. The number of hydrogen-bond donors (Lipinski definition) is 1. The van der Waals surface area contributed by atoms with Crippen LogP contribution in [0.2, 0.25) is 5.02 Å². The van der Waals surface area contributed by atoms with Gasteiger partial charge in [-0.1, -0.05) is 52.2 Å². The first-order chi connectivity index (χ1) is 14.0. The molecule has 3 rings (SSSR count). The monoisotopic (exact) mass is 411 g/mol. The van der Waals surface area contributed by atoms with Crippen molar-refractivity contribution in [2.24, 2.45) is 10.3 Å². The van der Waals surface area contributed by atoms with E-state index in [-0.39, 0.29) is 18.2 Å². The van der Waals surface area contributed by atoms with Gasteiger partial charge in [0.1, 0.15) is 13.7 Å². The molecule has 0 aliphatic heterocycles. The fourth-order valence-corrected chi connectivity index (χ4v) is 3.30. The Balaban J connectivity index is 1.73. The average molecular weight is 412 g/mol. The number of nitrogens with one attached hydrogen (secondary N) is 1. The van der Waals surface area contributed by atoms with Gasteiger partial charge in [-0.2, -0.15) is 0 Å². The Morgan fingerprint density at radius 1 is 1.21 bits per heavy atom. The van der Waals surface area contributed by atoms with Crippen molar-refractivity contribution in [3.63, 3.8) is 0 Å². The number of benzene rings is 2. The molecule has 1 aliphatic rings. The molecule has 1 amide bonds. The minimum absolute atomic E-state index is 0.181. The van der Waals surface area contributed by atoms with Crippen LogP contribution < -0.4 is 5.32 Å². The Labute approximate surface area is 174 Å². The molecule has 7 heteroatoms. The van der Waals surface area contributed by atoms with Crippen LogP contribution in [0.5, 0.6) is 0 Å². The standard InChI is InChI=1S/C22H22ClN3O3/c1-14(17-10-15-8-9-19(23)12-18(15)11-17)25-29-13-16-6-4-5-7-20(16)21(26-28-3)22(27)24-2/h4-10,12H,11,13H2,1-3H3,(H,24,27)/b25-14+,26-21+. The van der Waals surface area contributed by atoms with Crippen LogP contribution in [-0.2, 0) is 27.5 Å². The van der Waals surface area contributed by atoms with Crippen LogP contribution in [0.25, 0.3) is 6.08 Å². The molecule has 6 nitrogen and oxygen atoms in total. The van der Waals surface area contributed by atoms with Gasteiger partial charge in [0.25, 0.3) is 5.91 Å². The molecule has 0 unspecified atom stereocenters. The molecule has 0 saturated carbocycles. The maximum atomic E-state index is 12.1. The zero-order valence-corrected chi connectivity index (χ0v) is 17.3. The summed E-state index contributed by atoms with van der Waals surface area (Å²) in [5.41, 5.74) is 5.80. The molecule has 0 radical (unpaired) electrons. The minimum atomic E-state index is -0.341. The summed E-state index contributed by atoms with van der Waals surface area (Å²) in [5.74, 6) is -0.341. The number of nitrogens with zero attached hydrogens (tertiary/aromatic N) is 2. The lowest BCUT2D eigenvalue weighted by Gasteiger charge is -2.10. The third kappa shape index (κ3) is 4.84. The van der Waals surface area contributed by atoms with E-state index in [1.165, 1.54) is 12.7 Å². The molecular weight excluding hydrogens is 390 g/mol. The Hall–Kier alpha value is -3.12. The Kier molecular flexibility index (Phi) is 6.67. The quantitative estimate of drug-likeness (QED) is 0.553. The summed E-state index contributed by atoms with van der Waals surface area (Å²) in [6, 6.07) is 13.2. The molecule has 29 heavy (non-hydrogen) atoms. The fourth-order valence-electron chi connectivity index (χ4n) is 3.10. The van der Waals surface area contributed by atoms with E-state index in [9.17, 15) is 4.79 Å². The van der Waals surface area contributed by atoms with E-state index in [0.717, 1.165) is 33.9 Å². The smallest absolute Gasteiger partial charge is 0.273 e. The van der Waals surface area contributed by atoms with Gasteiger partial charge in [-0.25, -0.2) is 0 Å². The van der Waals surface area contributed by atoms with E-state index in [2.05, 4.69) is 21.7 Å². The number of oxime groups is 2. The Morgan fingerprint density at radius 3 is 2.76 bits per heavy atom. The third-order valence-corrected chi connectivity index (χ3v) is 4.83. The van der Waals surface area contributed by atoms with Crippen molar-refractivity contribution >= 4 is 35.0 Å². The molecule has 0 heterocycles. The molecule has 0 atom stereocenters. The van der Waals surface area contributed by atoms with Crippen molar-refractivity contribution in [3.05, 3.63) is 75.3 Å². The number of hydrogen-bond acceptors (Lipinski definition) is 5. The minimum Gasteiger partial charge on any atom is -0.398 e. The highest BCUT2D eigenvalue weighted by molar-refractivity contribution is 6.45. The number of likely N-dealkylation sites (N-methyl/N-ethyl adjacent to an activating group) is 1. The lowest BCUT2D eigenvalue weighted by molar-refractivity contribution is -0.114. The Bertz CT molecular complexity index is 1010. The van der Waals surface area contributed by atoms with Crippen molar-refractivity contribution in [1.82, 2.24) is 5.32 Å². The topological polar surface area (TPSA) is 72.3 Å². The van der Waals surface area contributed by atoms with Gasteiger partial charge in [-0.15, -0.1) is 0 Å². The molecule has 1 aliphatic carbocycles. The lowest BCUT2D eigenvalue weighted by atomic mass is 10.0. The summed E-state index contributed by atoms with van der Waals surface area (Å²) in [6.07, 6.45) is 2.86. The van der Waals surface area contributed by atoms with Crippen LogP contribution in [0.1, 0.15) is 29.2 Å². The van der Waals surface area contributed by atoms with Gasteiger partial charge in [-0.3, -0.25) is 4.79 Å².